The number of aromatic nitrogens is 1. The Morgan fingerprint density at radius 1 is 1.57 bits per heavy atom. The third kappa shape index (κ3) is 1.11. The van der Waals surface area contributed by atoms with Crippen molar-refractivity contribution in [1.82, 2.24) is 4.98 Å². The van der Waals surface area contributed by atoms with E-state index in [1.165, 1.54) is 0 Å². The summed E-state index contributed by atoms with van der Waals surface area (Å²) in [4.78, 5) is 4.12. The highest BCUT2D eigenvalue weighted by Crippen LogP contribution is 2.61. The number of pyridine rings is 1. The minimum absolute atomic E-state index is 0.117. The van der Waals surface area contributed by atoms with Crippen molar-refractivity contribution in [3.63, 3.8) is 0 Å². The van der Waals surface area contributed by atoms with E-state index < -0.39 is 5.60 Å². The fraction of sp³-hybridized carbons (Fsp3) is 0.455. The highest BCUT2D eigenvalue weighted by molar-refractivity contribution is 5.35. The van der Waals surface area contributed by atoms with Gasteiger partial charge in [-0.25, -0.2) is 0 Å². The molecule has 2 rings (SSSR count). The highest BCUT2D eigenvalue weighted by atomic mass is 16.3. The molecular weight excluding hydrogens is 176 g/mol. The summed E-state index contributed by atoms with van der Waals surface area (Å²) in [5.41, 5.74) is 0.209. The first-order valence-electron chi connectivity index (χ1n) is 4.59. The van der Waals surface area contributed by atoms with E-state index in [4.69, 9.17) is 5.26 Å². The van der Waals surface area contributed by atoms with E-state index in [1.54, 1.807) is 18.3 Å². The van der Waals surface area contributed by atoms with Gasteiger partial charge in [0.1, 0.15) is 5.60 Å². The van der Waals surface area contributed by atoms with Gasteiger partial charge in [-0.2, -0.15) is 5.26 Å². The van der Waals surface area contributed by atoms with Crippen LogP contribution in [0.3, 0.4) is 0 Å². The fourth-order valence-corrected chi connectivity index (χ4v) is 1.76. The summed E-state index contributed by atoms with van der Waals surface area (Å²) >= 11 is 0. The number of hydrogen-bond acceptors (Lipinski definition) is 3. The van der Waals surface area contributed by atoms with Crippen molar-refractivity contribution < 1.29 is 5.11 Å². The zero-order chi connectivity index (χ0) is 10.4. The molecule has 1 unspecified atom stereocenters. The monoisotopic (exact) mass is 188 g/mol. The van der Waals surface area contributed by atoms with Gasteiger partial charge in [-0.15, -0.1) is 0 Å². The topological polar surface area (TPSA) is 56.9 Å². The van der Waals surface area contributed by atoms with Crippen molar-refractivity contribution in [2.75, 3.05) is 0 Å². The molecule has 1 N–H and O–H groups in total. The molecule has 3 heteroatoms. The van der Waals surface area contributed by atoms with Gasteiger partial charge in [0, 0.05) is 11.6 Å². The minimum Gasteiger partial charge on any atom is -0.383 e. The normalized spacial score (nSPS) is 28.1. The lowest BCUT2D eigenvalue weighted by atomic mass is 10.0. The molecule has 1 aromatic rings. The van der Waals surface area contributed by atoms with Gasteiger partial charge in [-0.3, -0.25) is 4.98 Å². The van der Waals surface area contributed by atoms with Crippen LogP contribution in [0.1, 0.15) is 31.5 Å². The van der Waals surface area contributed by atoms with Crippen LogP contribution in [0.15, 0.2) is 18.3 Å². The predicted octanol–water partition coefficient (Wildman–Crippen LogP) is 1.57. The molecule has 72 valence electrons. The molecule has 0 saturated heterocycles. The van der Waals surface area contributed by atoms with Crippen molar-refractivity contribution in [3.05, 3.63) is 29.6 Å². The summed E-state index contributed by atoms with van der Waals surface area (Å²) in [7, 11) is 0. The summed E-state index contributed by atoms with van der Waals surface area (Å²) in [5, 5.41) is 18.9. The Bertz CT molecular complexity index is 420. The average Bonchev–Trinajstić information content (AvgIpc) is 2.68. The van der Waals surface area contributed by atoms with E-state index >= 15 is 0 Å². The standard InChI is InChI=1S/C11H12N2O/c1-10(2)7-11(10,14)9-5-8(6-12)3-4-13-9/h3-5,14H,7H2,1-2H3. The van der Waals surface area contributed by atoms with E-state index in [9.17, 15) is 5.11 Å². The maximum atomic E-state index is 10.2. The molecule has 1 fully saturated rings. The second-order valence-corrected chi connectivity index (χ2v) is 4.46. The third-order valence-corrected chi connectivity index (χ3v) is 3.01. The second-order valence-electron chi connectivity index (χ2n) is 4.46. The van der Waals surface area contributed by atoms with E-state index in [1.807, 2.05) is 19.9 Å². The SMILES string of the molecule is CC1(C)CC1(O)c1cc(C#N)ccn1. The van der Waals surface area contributed by atoms with Gasteiger partial charge in [0.2, 0.25) is 0 Å². The van der Waals surface area contributed by atoms with Gasteiger partial charge in [0.15, 0.2) is 0 Å². The van der Waals surface area contributed by atoms with E-state index in [0.29, 0.717) is 17.7 Å². The molecule has 1 atom stereocenters. The Morgan fingerprint density at radius 3 is 2.71 bits per heavy atom. The van der Waals surface area contributed by atoms with Gasteiger partial charge >= 0.3 is 0 Å². The largest absolute Gasteiger partial charge is 0.383 e. The van der Waals surface area contributed by atoms with E-state index in [0.717, 1.165) is 0 Å². The molecule has 1 heterocycles. The van der Waals surface area contributed by atoms with Crippen LogP contribution >= 0.6 is 0 Å². The quantitative estimate of drug-likeness (QED) is 0.727. The number of nitriles is 1. The Balaban J connectivity index is 2.41. The number of hydrogen-bond donors (Lipinski definition) is 1. The number of aliphatic hydroxyl groups is 1. The van der Waals surface area contributed by atoms with Crippen LogP contribution in [0.25, 0.3) is 0 Å². The molecule has 1 aliphatic carbocycles. The molecule has 0 bridgehead atoms. The predicted molar refractivity (Wildman–Crippen MR) is 51.2 cm³/mol. The molecule has 0 amide bonds. The maximum absolute atomic E-state index is 10.2. The van der Waals surface area contributed by atoms with Gasteiger partial charge < -0.3 is 5.11 Å². The number of nitrogens with zero attached hydrogens (tertiary/aromatic N) is 2. The summed E-state index contributed by atoms with van der Waals surface area (Å²) in [6.45, 7) is 3.99. The van der Waals surface area contributed by atoms with Crippen LogP contribution in [0.2, 0.25) is 0 Å². The highest BCUT2D eigenvalue weighted by Gasteiger charge is 2.62. The van der Waals surface area contributed by atoms with E-state index in [2.05, 4.69) is 4.98 Å². The third-order valence-electron chi connectivity index (χ3n) is 3.01. The minimum atomic E-state index is -0.833. The molecule has 0 aliphatic heterocycles. The van der Waals surface area contributed by atoms with Gasteiger partial charge in [-0.1, -0.05) is 13.8 Å². The van der Waals surface area contributed by atoms with Gasteiger partial charge in [-0.05, 0) is 18.6 Å². The molecule has 3 nitrogen and oxygen atoms in total. The van der Waals surface area contributed by atoms with Crippen molar-refractivity contribution in [2.45, 2.75) is 25.9 Å². The molecule has 0 radical (unpaired) electrons. The van der Waals surface area contributed by atoms with Crippen LogP contribution in [0, 0.1) is 16.7 Å². The Morgan fingerprint density at radius 2 is 2.21 bits per heavy atom. The summed E-state index contributed by atoms with van der Waals surface area (Å²) in [5.74, 6) is 0. The van der Waals surface area contributed by atoms with E-state index in [-0.39, 0.29) is 5.41 Å². The maximum Gasteiger partial charge on any atom is 0.112 e. The smallest absolute Gasteiger partial charge is 0.112 e. The fourth-order valence-electron chi connectivity index (χ4n) is 1.76. The Hall–Kier alpha value is -1.40. The van der Waals surface area contributed by atoms with Gasteiger partial charge in [0.25, 0.3) is 0 Å². The lowest BCUT2D eigenvalue weighted by Gasteiger charge is -2.12. The molecule has 1 saturated carbocycles. The molecule has 1 aliphatic rings. The first-order valence-corrected chi connectivity index (χ1v) is 4.59. The van der Waals surface area contributed by atoms with Crippen LogP contribution in [0.5, 0.6) is 0 Å². The van der Waals surface area contributed by atoms with Crippen LogP contribution in [-0.2, 0) is 5.60 Å². The lowest BCUT2D eigenvalue weighted by molar-refractivity contribution is 0.104. The molecule has 0 spiro atoms. The molecule has 1 aromatic heterocycles. The average molecular weight is 188 g/mol. The number of rotatable bonds is 1. The molecule has 14 heavy (non-hydrogen) atoms. The summed E-state index contributed by atoms with van der Waals surface area (Å²) < 4.78 is 0. The summed E-state index contributed by atoms with van der Waals surface area (Å²) in [6.07, 6.45) is 2.28. The zero-order valence-corrected chi connectivity index (χ0v) is 8.28. The zero-order valence-electron chi connectivity index (χ0n) is 8.28. The molecule has 0 aromatic carbocycles. The molecular formula is C11H12N2O. The lowest BCUT2D eigenvalue weighted by Crippen LogP contribution is -2.15. The van der Waals surface area contributed by atoms with Crippen molar-refractivity contribution >= 4 is 0 Å². The Kier molecular flexibility index (Phi) is 1.67. The Labute approximate surface area is 83.0 Å². The first kappa shape index (κ1) is 9.17. The van der Waals surface area contributed by atoms with Crippen molar-refractivity contribution in [1.29, 1.82) is 5.26 Å². The van der Waals surface area contributed by atoms with Crippen molar-refractivity contribution in [2.24, 2.45) is 5.41 Å². The second kappa shape index (κ2) is 2.55. The first-order chi connectivity index (χ1) is 6.49. The van der Waals surface area contributed by atoms with Crippen LogP contribution in [0.4, 0.5) is 0 Å². The van der Waals surface area contributed by atoms with Crippen LogP contribution in [-0.4, -0.2) is 10.1 Å². The van der Waals surface area contributed by atoms with Gasteiger partial charge in [0.05, 0.1) is 17.3 Å². The summed E-state index contributed by atoms with van der Waals surface area (Å²) in [6, 6.07) is 5.35. The van der Waals surface area contributed by atoms with Crippen LogP contribution < -0.4 is 0 Å². The van der Waals surface area contributed by atoms with Crippen molar-refractivity contribution in [3.8, 4) is 6.07 Å².